The number of para-hydroxylation sites is 2. The first kappa shape index (κ1) is 11.9. The molecule has 1 amide bonds. The molecule has 0 aliphatic heterocycles. The molecule has 0 saturated heterocycles. The first-order chi connectivity index (χ1) is 8.58. The van der Waals surface area contributed by atoms with Crippen molar-refractivity contribution in [1.82, 2.24) is 4.98 Å². The number of hydrogen-bond acceptors (Lipinski definition) is 3. The number of H-pyrrole nitrogens is 1. The molecule has 0 aliphatic rings. The fraction of sp³-hybridized carbons (Fsp3) is 0.0769. The van der Waals surface area contributed by atoms with Gasteiger partial charge in [0.25, 0.3) is 5.91 Å². The Morgan fingerprint density at radius 1 is 1.11 bits per heavy atom. The molecule has 1 aromatic carbocycles. The van der Waals surface area contributed by atoms with E-state index in [4.69, 9.17) is 0 Å². The number of rotatable bonds is 3. The van der Waals surface area contributed by atoms with Crippen LogP contribution in [0.15, 0.2) is 36.4 Å². The standard InChI is InChI=1S/C13H12N2O3/c1-8(16)9-6-7-11(14-9)13(18)15-10-4-2-3-5-12(10)17/h2-7,14,17H,1H3,(H,15,18). The molecule has 0 saturated carbocycles. The summed E-state index contributed by atoms with van der Waals surface area (Å²) in [5.74, 6) is -0.565. The molecule has 3 N–H and O–H groups in total. The zero-order valence-corrected chi connectivity index (χ0v) is 9.73. The molecule has 0 aliphatic carbocycles. The van der Waals surface area contributed by atoms with Crippen LogP contribution in [-0.4, -0.2) is 21.8 Å². The van der Waals surface area contributed by atoms with Gasteiger partial charge < -0.3 is 15.4 Å². The highest BCUT2D eigenvalue weighted by atomic mass is 16.3. The maximum Gasteiger partial charge on any atom is 0.272 e. The minimum atomic E-state index is -0.413. The lowest BCUT2D eigenvalue weighted by molar-refractivity contribution is 0.101. The van der Waals surface area contributed by atoms with Crippen molar-refractivity contribution in [3.8, 4) is 5.75 Å². The first-order valence-corrected chi connectivity index (χ1v) is 5.37. The van der Waals surface area contributed by atoms with Crippen LogP contribution in [0.5, 0.6) is 5.75 Å². The molecule has 0 bridgehead atoms. The molecule has 2 aromatic rings. The number of hydrogen-bond donors (Lipinski definition) is 3. The highest BCUT2D eigenvalue weighted by Gasteiger charge is 2.11. The Morgan fingerprint density at radius 2 is 1.78 bits per heavy atom. The second kappa shape index (κ2) is 4.75. The summed E-state index contributed by atoms with van der Waals surface area (Å²) in [6, 6.07) is 9.49. The summed E-state index contributed by atoms with van der Waals surface area (Å²) in [6.45, 7) is 1.41. The van der Waals surface area contributed by atoms with E-state index in [9.17, 15) is 14.7 Å². The Bertz CT molecular complexity index is 602. The molecular weight excluding hydrogens is 232 g/mol. The van der Waals surface area contributed by atoms with E-state index in [0.717, 1.165) is 0 Å². The molecule has 1 aromatic heterocycles. The van der Waals surface area contributed by atoms with E-state index in [1.165, 1.54) is 19.1 Å². The number of nitrogens with one attached hydrogen (secondary N) is 2. The maximum atomic E-state index is 11.8. The average Bonchev–Trinajstić information content (AvgIpc) is 2.81. The fourth-order valence-electron chi connectivity index (χ4n) is 1.50. The fourth-order valence-corrected chi connectivity index (χ4v) is 1.50. The van der Waals surface area contributed by atoms with Gasteiger partial charge in [0.1, 0.15) is 11.4 Å². The van der Waals surface area contributed by atoms with E-state index in [1.54, 1.807) is 24.3 Å². The van der Waals surface area contributed by atoms with Crippen LogP contribution in [0.3, 0.4) is 0 Å². The summed E-state index contributed by atoms with van der Waals surface area (Å²) >= 11 is 0. The number of carbonyl (C=O) groups is 2. The van der Waals surface area contributed by atoms with Gasteiger partial charge in [-0.15, -0.1) is 0 Å². The monoisotopic (exact) mass is 244 g/mol. The number of ketones is 1. The molecule has 0 unspecified atom stereocenters. The van der Waals surface area contributed by atoms with E-state index in [2.05, 4.69) is 10.3 Å². The summed E-state index contributed by atoms with van der Waals surface area (Å²) in [4.78, 5) is 25.6. The second-order valence-corrected chi connectivity index (χ2v) is 3.81. The number of aromatic nitrogens is 1. The Morgan fingerprint density at radius 3 is 2.39 bits per heavy atom. The van der Waals surface area contributed by atoms with Crippen LogP contribution in [-0.2, 0) is 0 Å². The molecular formula is C13H12N2O3. The number of aromatic hydroxyl groups is 1. The maximum absolute atomic E-state index is 11.8. The summed E-state index contributed by atoms with van der Waals surface area (Å²) in [5.41, 5.74) is 0.961. The number of Topliss-reactive ketones (excluding diaryl/α,β-unsaturated/α-hetero) is 1. The van der Waals surface area contributed by atoms with E-state index in [-0.39, 0.29) is 17.2 Å². The van der Waals surface area contributed by atoms with Crippen molar-refractivity contribution < 1.29 is 14.7 Å². The third-order valence-electron chi connectivity index (χ3n) is 2.46. The lowest BCUT2D eigenvalue weighted by Gasteiger charge is -2.05. The van der Waals surface area contributed by atoms with Crippen LogP contribution in [0.1, 0.15) is 27.9 Å². The quantitative estimate of drug-likeness (QED) is 0.571. The molecule has 5 heteroatoms. The molecule has 5 nitrogen and oxygen atoms in total. The predicted octanol–water partition coefficient (Wildman–Crippen LogP) is 2.18. The van der Waals surface area contributed by atoms with Gasteiger partial charge in [0.15, 0.2) is 5.78 Å². The third-order valence-corrected chi connectivity index (χ3v) is 2.46. The molecule has 1 heterocycles. The van der Waals surface area contributed by atoms with Gasteiger partial charge in [0.05, 0.1) is 11.4 Å². The Kier molecular flexibility index (Phi) is 3.14. The molecule has 0 spiro atoms. The van der Waals surface area contributed by atoms with E-state index in [0.29, 0.717) is 11.4 Å². The molecule has 92 valence electrons. The average molecular weight is 244 g/mol. The molecule has 0 radical (unpaired) electrons. The molecule has 0 atom stereocenters. The number of phenolic OH excluding ortho intramolecular Hbond substituents is 1. The van der Waals surface area contributed by atoms with Crippen LogP contribution in [0.4, 0.5) is 5.69 Å². The summed E-state index contributed by atoms with van der Waals surface area (Å²) < 4.78 is 0. The van der Waals surface area contributed by atoms with Crippen molar-refractivity contribution in [3.63, 3.8) is 0 Å². The smallest absolute Gasteiger partial charge is 0.272 e. The SMILES string of the molecule is CC(=O)c1ccc(C(=O)Nc2ccccc2O)[nH]1. The number of phenols is 1. The lowest BCUT2D eigenvalue weighted by Crippen LogP contribution is -2.12. The largest absolute Gasteiger partial charge is 0.506 e. The predicted molar refractivity (Wildman–Crippen MR) is 66.9 cm³/mol. The minimum absolute atomic E-state index is 0.0100. The van der Waals surface area contributed by atoms with Gasteiger partial charge in [-0.25, -0.2) is 0 Å². The number of carbonyl (C=O) groups excluding carboxylic acids is 2. The van der Waals surface area contributed by atoms with Crippen molar-refractivity contribution in [3.05, 3.63) is 47.8 Å². The molecule has 2 rings (SSSR count). The van der Waals surface area contributed by atoms with Gasteiger partial charge in [-0.1, -0.05) is 12.1 Å². The van der Waals surface area contributed by atoms with Crippen molar-refractivity contribution >= 4 is 17.4 Å². The van der Waals surface area contributed by atoms with Gasteiger partial charge >= 0.3 is 0 Å². The van der Waals surface area contributed by atoms with Crippen LogP contribution >= 0.6 is 0 Å². The van der Waals surface area contributed by atoms with E-state index in [1.807, 2.05) is 0 Å². The summed E-state index contributed by atoms with van der Waals surface area (Å²) in [7, 11) is 0. The van der Waals surface area contributed by atoms with E-state index >= 15 is 0 Å². The van der Waals surface area contributed by atoms with Crippen LogP contribution < -0.4 is 5.32 Å². The Balaban J connectivity index is 2.17. The number of aromatic amines is 1. The van der Waals surface area contributed by atoms with Crippen molar-refractivity contribution in [2.75, 3.05) is 5.32 Å². The highest BCUT2D eigenvalue weighted by Crippen LogP contribution is 2.22. The number of anilines is 1. The Hall–Kier alpha value is -2.56. The second-order valence-electron chi connectivity index (χ2n) is 3.81. The van der Waals surface area contributed by atoms with Crippen molar-refractivity contribution in [1.29, 1.82) is 0 Å². The minimum Gasteiger partial charge on any atom is -0.506 e. The van der Waals surface area contributed by atoms with Crippen molar-refractivity contribution in [2.45, 2.75) is 6.92 Å². The van der Waals surface area contributed by atoms with Gasteiger partial charge in [-0.05, 0) is 24.3 Å². The van der Waals surface area contributed by atoms with Gasteiger partial charge in [0.2, 0.25) is 0 Å². The summed E-state index contributed by atoms with van der Waals surface area (Å²) in [5, 5.41) is 12.1. The van der Waals surface area contributed by atoms with Gasteiger partial charge in [0, 0.05) is 6.92 Å². The van der Waals surface area contributed by atoms with Gasteiger partial charge in [-0.2, -0.15) is 0 Å². The zero-order chi connectivity index (χ0) is 13.1. The normalized spacial score (nSPS) is 10.1. The van der Waals surface area contributed by atoms with Crippen LogP contribution in [0.25, 0.3) is 0 Å². The zero-order valence-electron chi connectivity index (χ0n) is 9.73. The highest BCUT2D eigenvalue weighted by molar-refractivity contribution is 6.05. The third kappa shape index (κ3) is 2.40. The van der Waals surface area contributed by atoms with Crippen LogP contribution in [0.2, 0.25) is 0 Å². The topological polar surface area (TPSA) is 82.2 Å². The van der Waals surface area contributed by atoms with E-state index < -0.39 is 5.91 Å². The molecule has 0 fully saturated rings. The number of benzene rings is 1. The van der Waals surface area contributed by atoms with Crippen molar-refractivity contribution in [2.24, 2.45) is 0 Å². The number of amides is 1. The molecule has 18 heavy (non-hydrogen) atoms. The first-order valence-electron chi connectivity index (χ1n) is 5.37. The van der Waals surface area contributed by atoms with Crippen LogP contribution in [0, 0.1) is 0 Å². The van der Waals surface area contributed by atoms with Gasteiger partial charge in [-0.3, -0.25) is 9.59 Å². The Labute approximate surface area is 103 Å². The lowest BCUT2D eigenvalue weighted by atomic mass is 10.3. The summed E-state index contributed by atoms with van der Waals surface area (Å²) in [6.07, 6.45) is 0.